The Morgan fingerprint density at radius 3 is 2.60 bits per heavy atom. The van der Waals surface area contributed by atoms with Gasteiger partial charge in [0.25, 0.3) is 0 Å². The molecule has 0 unspecified atom stereocenters. The maximum Gasteiger partial charge on any atom is 0.0652 e. The summed E-state index contributed by atoms with van der Waals surface area (Å²) in [5.41, 5.74) is 2.58. The van der Waals surface area contributed by atoms with E-state index in [1.54, 1.807) is 0 Å². The number of rotatable bonds is 2. The van der Waals surface area contributed by atoms with Crippen molar-refractivity contribution in [2.45, 2.75) is 38.5 Å². The first-order valence-corrected chi connectivity index (χ1v) is 5.80. The first-order chi connectivity index (χ1) is 7.18. The van der Waals surface area contributed by atoms with Crippen molar-refractivity contribution < 1.29 is 4.74 Å². The van der Waals surface area contributed by atoms with Gasteiger partial charge in [-0.1, -0.05) is 13.8 Å². The standard InChI is InChI=1S/C12H20N2O/c1-9(2)11-8-12(14(3)13-11)10-4-6-15-7-5-10/h8-10H,4-7H2,1-3H3. The van der Waals surface area contributed by atoms with Gasteiger partial charge in [-0.15, -0.1) is 0 Å². The summed E-state index contributed by atoms with van der Waals surface area (Å²) >= 11 is 0. The molecule has 84 valence electrons. The molecule has 0 aromatic carbocycles. The van der Waals surface area contributed by atoms with Gasteiger partial charge >= 0.3 is 0 Å². The summed E-state index contributed by atoms with van der Waals surface area (Å²) in [5, 5.41) is 4.56. The van der Waals surface area contributed by atoms with Gasteiger partial charge in [-0.3, -0.25) is 4.68 Å². The molecular weight excluding hydrogens is 188 g/mol. The number of ether oxygens (including phenoxy) is 1. The summed E-state index contributed by atoms with van der Waals surface area (Å²) < 4.78 is 7.43. The minimum absolute atomic E-state index is 0.518. The predicted octanol–water partition coefficient (Wildman–Crippen LogP) is 2.44. The Kier molecular flexibility index (Phi) is 3.10. The van der Waals surface area contributed by atoms with Crippen LogP contribution in [0.2, 0.25) is 0 Å². The molecule has 1 aromatic heterocycles. The van der Waals surface area contributed by atoms with E-state index >= 15 is 0 Å². The molecule has 0 aliphatic carbocycles. The molecule has 0 N–H and O–H groups in total. The van der Waals surface area contributed by atoms with Crippen LogP contribution in [0, 0.1) is 0 Å². The van der Waals surface area contributed by atoms with Crippen LogP contribution in [0.1, 0.15) is 49.9 Å². The third kappa shape index (κ3) is 2.23. The SMILES string of the molecule is CC(C)c1cc(C2CCOCC2)n(C)n1. The van der Waals surface area contributed by atoms with E-state index in [4.69, 9.17) is 4.74 Å². The second kappa shape index (κ2) is 4.35. The molecule has 1 aliphatic heterocycles. The van der Waals surface area contributed by atoms with Gasteiger partial charge in [-0.2, -0.15) is 5.10 Å². The zero-order valence-corrected chi connectivity index (χ0v) is 9.86. The van der Waals surface area contributed by atoms with E-state index in [1.807, 2.05) is 4.68 Å². The topological polar surface area (TPSA) is 27.1 Å². The van der Waals surface area contributed by atoms with Crippen LogP contribution in [-0.2, 0) is 11.8 Å². The molecule has 3 nitrogen and oxygen atoms in total. The molecule has 1 aliphatic rings. The van der Waals surface area contributed by atoms with Crippen LogP contribution in [0.15, 0.2) is 6.07 Å². The van der Waals surface area contributed by atoms with Crippen molar-refractivity contribution in [3.05, 3.63) is 17.5 Å². The van der Waals surface area contributed by atoms with Crippen molar-refractivity contribution in [2.24, 2.45) is 7.05 Å². The summed E-state index contributed by atoms with van der Waals surface area (Å²) in [7, 11) is 2.05. The van der Waals surface area contributed by atoms with Gasteiger partial charge in [-0.05, 0) is 24.8 Å². The van der Waals surface area contributed by atoms with Crippen LogP contribution in [0.5, 0.6) is 0 Å². The molecule has 0 spiro atoms. The highest BCUT2D eigenvalue weighted by Gasteiger charge is 2.20. The smallest absolute Gasteiger partial charge is 0.0652 e. The van der Waals surface area contributed by atoms with Crippen LogP contribution in [-0.4, -0.2) is 23.0 Å². The lowest BCUT2D eigenvalue weighted by Crippen LogP contribution is -2.16. The highest BCUT2D eigenvalue weighted by Crippen LogP contribution is 2.28. The molecule has 1 fully saturated rings. The zero-order chi connectivity index (χ0) is 10.8. The van der Waals surface area contributed by atoms with Crippen LogP contribution in [0.3, 0.4) is 0 Å². The Bertz CT molecular complexity index is 324. The van der Waals surface area contributed by atoms with Gasteiger partial charge in [-0.25, -0.2) is 0 Å². The van der Waals surface area contributed by atoms with Gasteiger partial charge in [0.05, 0.1) is 5.69 Å². The third-order valence-electron chi connectivity index (χ3n) is 3.17. The van der Waals surface area contributed by atoms with Crippen molar-refractivity contribution >= 4 is 0 Å². The maximum absolute atomic E-state index is 5.39. The number of aromatic nitrogens is 2. The number of hydrogen-bond acceptors (Lipinski definition) is 2. The van der Waals surface area contributed by atoms with E-state index in [-0.39, 0.29) is 0 Å². The second-order valence-electron chi connectivity index (χ2n) is 4.66. The molecule has 0 bridgehead atoms. The lowest BCUT2D eigenvalue weighted by atomic mass is 9.95. The molecule has 3 heteroatoms. The van der Waals surface area contributed by atoms with Crippen molar-refractivity contribution in [3.8, 4) is 0 Å². The Balaban J connectivity index is 2.19. The minimum Gasteiger partial charge on any atom is -0.381 e. The highest BCUT2D eigenvalue weighted by atomic mass is 16.5. The monoisotopic (exact) mass is 208 g/mol. The van der Waals surface area contributed by atoms with E-state index in [1.165, 1.54) is 11.4 Å². The van der Waals surface area contributed by atoms with E-state index in [0.717, 1.165) is 26.1 Å². The zero-order valence-electron chi connectivity index (χ0n) is 9.86. The summed E-state index contributed by atoms with van der Waals surface area (Å²) in [6, 6.07) is 2.26. The molecule has 2 rings (SSSR count). The fourth-order valence-corrected chi connectivity index (χ4v) is 2.16. The average Bonchev–Trinajstić information content (AvgIpc) is 2.62. The number of aryl methyl sites for hydroxylation is 1. The lowest BCUT2D eigenvalue weighted by Gasteiger charge is -2.21. The first kappa shape index (κ1) is 10.7. The average molecular weight is 208 g/mol. The van der Waals surface area contributed by atoms with E-state index in [0.29, 0.717) is 11.8 Å². The molecule has 0 saturated carbocycles. The molecular formula is C12H20N2O. The fourth-order valence-electron chi connectivity index (χ4n) is 2.16. The Morgan fingerprint density at radius 1 is 1.40 bits per heavy atom. The molecule has 1 aromatic rings. The Morgan fingerprint density at radius 2 is 2.07 bits per heavy atom. The van der Waals surface area contributed by atoms with Gasteiger partial charge in [0.2, 0.25) is 0 Å². The number of hydrogen-bond donors (Lipinski definition) is 0. The highest BCUT2D eigenvalue weighted by molar-refractivity contribution is 5.17. The van der Waals surface area contributed by atoms with Gasteiger partial charge in [0.1, 0.15) is 0 Å². The van der Waals surface area contributed by atoms with Crippen LogP contribution >= 0.6 is 0 Å². The van der Waals surface area contributed by atoms with Crippen LogP contribution in [0.25, 0.3) is 0 Å². The van der Waals surface area contributed by atoms with Crippen molar-refractivity contribution in [3.63, 3.8) is 0 Å². The van der Waals surface area contributed by atoms with Crippen LogP contribution < -0.4 is 0 Å². The molecule has 2 heterocycles. The fraction of sp³-hybridized carbons (Fsp3) is 0.750. The summed E-state index contributed by atoms with van der Waals surface area (Å²) in [6.07, 6.45) is 2.27. The molecule has 15 heavy (non-hydrogen) atoms. The third-order valence-corrected chi connectivity index (χ3v) is 3.17. The Hall–Kier alpha value is -0.830. The van der Waals surface area contributed by atoms with E-state index in [2.05, 4.69) is 32.1 Å². The molecule has 1 saturated heterocycles. The summed E-state index contributed by atoms with van der Waals surface area (Å²) in [4.78, 5) is 0. The summed E-state index contributed by atoms with van der Waals surface area (Å²) in [6.45, 7) is 6.17. The normalized spacial score (nSPS) is 18.7. The van der Waals surface area contributed by atoms with Crippen molar-refractivity contribution in [1.29, 1.82) is 0 Å². The molecule has 0 radical (unpaired) electrons. The van der Waals surface area contributed by atoms with Crippen molar-refractivity contribution in [1.82, 2.24) is 9.78 Å². The quantitative estimate of drug-likeness (QED) is 0.746. The van der Waals surface area contributed by atoms with Crippen molar-refractivity contribution in [2.75, 3.05) is 13.2 Å². The second-order valence-corrected chi connectivity index (χ2v) is 4.66. The van der Waals surface area contributed by atoms with Gasteiger partial charge in [0, 0.05) is 31.9 Å². The maximum atomic E-state index is 5.39. The largest absolute Gasteiger partial charge is 0.381 e. The molecule has 0 amide bonds. The molecule has 0 atom stereocenters. The summed E-state index contributed by atoms with van der Waals surface area (Å²) in [5.74, 6) is 1.16. The Labute approximate surface area is 91.4 Å². The lowest BCUT2D eigenvalue weighted by molar-refractivity contribution is 0.0837. The van der Waals surface area contributed by atoms with Gasteiger partial charge in [0.15, 0.2) is 0 Å². The minimum atomic E-state index is 0.518. The van der Waals surface area contributed by atoms with E-state index < -0.39 is 0 Å². The van der Waals surface area contributed by atoms with Gasteiger partial charge < -0.3 is 4.74 Å². The number of nitrogens with zero attached hydrogens (tertiary/aromatic N) is 2. The van der Waals surface area contributed by atoms with Crippen LogP contribution in [0.4, 0.5) is 0 Å². The predicted molar refractivity (Wildman–Crippen MR) is 60.1 cm³/mol. The first-order valence-electron chi connectivity index (χ1n) is 5.80. The van der Waals surface area contributed by atoms with E-state index in [9.17, 15) is 0 Å².